The second-order valence-electron chi connectivity index (χ2n) is 4.82. The lowest BCUT2D eigenvalue weighted by Gasteiger charge is -2.14. The summed E-state index contributed by atoms with van der Waals surface area (Å²) in [6.45, 7) is 0.285. The molecule has 1 aliphatic carbocycles. The minimum Gasteiger partial charge on any atom is -0.310 e. The Morgan fingerprint density at radius 1 is 1.42 bits per heavy atom. The summed E-state index contributed by atoms with van der Waals surface area (Å²) in [5.74, 6) is -0.730. The Labute approximate surface area is 117 Å². The van der Waals surface area contributed by atoms with Gasteiger partial charge in [-0.2, -0.15) is 0 Å². The third-order valence-electron chi connectivity index (χ3n) is 3.00. The summed E-state index contributed by atoms with van der Waals surface area (Å²) in [4.78, 5) is -0.377. The molecule has 0 aliphatic heterocycles. The average molecular weight is 307 g/mol. The SMILES string of the molecule is CN(C)S(=O)(=O)c1cc(Cl)cc(CNC2CC2)c1F. The molecule has 1 aromatic rings. The van der Waals surface area contributed by atoms with Crippen molar-refractivity contribution in [3.05, 3.63) is 28.5 Å². The molecule has 1 aliphatic rings. The fourth-order valence-corrected chi connectivity index (χ4v) is 3.01. The molecule has 0 bridgehead atoms. The first-order valence-electron chi connectivity index (χ1n) is 5.96. The van der Waals surface area contributed by atoms with E-state index in [0.29, 0.717) is 6.04 Å². The Kier molecular flexibility index (Phi) is 4.15. The number of sulfonamides is 1. The predicted molar refractivity (Wildman–Crippen MR) is 72.1 cm³/mol. The van der Waals surface area contributed by atoms with E-state index >= 15 is 0 Å². The van der Waals surface area contributed by atoms with Crippen LogP contribution in [0.2, 0.25) is 5.02 Å². The molecule has 2 rings (SSSR count). The Hall–Kier alpha value is -0.690. The van der Waals surface area contributed by atoms with E-state index in [4.69, 9.17) is 11.6 Å². The molecule has 1 aromatic carbocycles. The van der Waals surface area contributed by atoms with E-state index in [-0.39, 0.29) is 22.0 Å². The Balaban J connectivity index is 2.38. The number of nitrogens with zero attached hydrogens (tertiary/aromatic N) is 1. The van der Waals surface area contributed by atoms with Crippen LogP contribution >= 0.6 is 11.6 Å². The molecule has 0 radical (unpaired) electrons. The van der Waals surface area contributed by atoms with Crippen molar-refractivity contribution in [2.45, 2.75) is 30.3 Å². The smallest absolute Gasteiger partial charge is 0.245 e. The monoisotopic (exact) mass is 306 g/mol. The van der Waals surface area contributed by atoms with Gasteiger partial charge < -0.3 is 5.32 Å². The minimum atomic E-state index is -3.83. The highest BCUT2D eigenvalue weighted by Gasteiger charge is 2.26. The van der Waals surface area contributed by atoms with E-state index in [9.17, 15) is 12.8 Å². The van der Waals surface area contributed by atoms with Crippen molar-refractivity contribution in [3.8, 4) is 0 Å². The van der Waals surface area contributed by atoms with Crippen LogP contribution in [0.15, 0.2) is 17.0 Å². The van der Waals surface area contributed by atoms with Crippen LogP contribution in [0, 0.1) is 5.82 Å². The molecule has 0 heterocycles. The van der Waals surface area contributed by atoms with Crippen molar-refractivity contribution < 1.29 is 12.8 Å². The number of hydrogen-bond acceptors (Lipinski definition) is 3. The van der Waals surface area contributed by atoms with Gasteiger partial charge in [0.15, 0.2) is 0 Å². The highest BCUT2D eigenvalue weighted by Crippen LogP contribution is 2.26. The summed E-state index contributed by atoms with van der Waals surface area (Å²) in [6, 6.07) is 3.01. The average Bonchev–Trinajstić information content (AvgIpc) is 3.13. The van der Waals surface area contributed by atoms with Gasteiger partial charge in [0.2, 0.25) is 10.0 Å². The highest BCUT2D eigenvalue weighted by atomic mass is 35.5. The summed E-state index contributed by atoms with van der Waals surface area (Å²) in [7, 11) is -1.11. The number of hydrogen-bond donors (Lipinski definition) is 1. The van der Waals surface area contributed by atoms with Crippen molar-refractivity contribution in [1.82, 2.24) is 9.62 Å². The first-order valence-corrected chi connectivity index (χ1v) is 7.78. The first kappa shape index (κ1) is 14.7. The Morgan fingerprint density at radius 2 is 2.05 bits per heavy atom. The van der Waals surface area contributed by atoms with E-state index < -0.39 is 15.8 Å². The first-order chi connectivity index (χ1) is 8.82. The number of benzene rings is 1. The molecule has 0 amide bonds. The van der Waals surface area contributed by atoms with Crippen LogP contribution in [0.3, 0.4) is 0 Å². The molecule has 7 heteroatoms. The maximum Gasteiger partial charge on any atom is 0.245 e. The van der Waals surface area contributed by atoms with Crippen molar-refractivity contribution in [1.29, 1.82) is 0 Å². The Morgan fingerprint density at radius 3 is 2.58 bits per heavy atom. The molecular formula is C12H16ClFN2O2S. The molecule has 1 N–H and O–H groups in total. The summed E-state index contributed by atoms with van der Waals surface area (Å²) in [6.07, 6.45) is 2.15. The van der Waals surface area contributed by atoms with Crippen LogP contribution in [0.25, 0.3) is 0 Å². The van der Waals surface area contributed by atoms with Crippen LogP contribution in [-0.4, -0.2) is 32.9 Å². The van der Waals surface area contributed by atoms with Crippen LogP contribution in [0.1, 0.15) is 18.4 Å². The lowest BCUT2D eigenvalue weighted by molar-refractivity contribution is 0.503. The summed E-state index contributed by atoms with van der Waals surface area (Å²) >= 11 is 5.89. The van der Waals surface area contributed by atoms with Gasteiger partial charge in [0.05, 0.1) is 0 Å². The van der Waals surface area contributed by atoms with Gasteiger partial charge in [-0.15, -0.1) is 0 Å². The number of halogens is 2. The highest BCUT2D eigenvalue weighted by molar-refractivity contribution is 7.89. The van der Waals surface area contributed by atoms with Gasteiger partial charge in [-0.3, -0.25) is 0 Å². The minimum absolute atomic E-state index is 0.217. The predicted octanol–water partition coefficient (Wildman–Crippen LogP) is 1.98. The molecule has 19 heavy (non-hydrogen) atoms. The second kappa shape index (κ2) is 5.36. The van der Waals surface area contributed by atoms with Crippen molar-refractivity contribution in [2.24, 2.45) is 0 Å². The van der Waals surface area contributed by atoms with Gasteiger partial charge in [-0.1, -0.05) is 11.6 Å². The van der Waals surface area contributed by atoms with Gasteiger partial charge in [-0.25, -0.2) is 17.1 Å². The standard InChI is InChI=1S/C12H16ClFN2O2S/c1-16(2)19(17,18)11-6-9(13)5-8(12(11)14)7-15-10-3-4-10/h5-6,10,15H,3-4,7H2,1-2H3. The van der Waals surface area contributed by atoms with Crippen molar-refractivity contribution in [2.75, 3.05) is 14.1 Å². The molecule has 4 nitrogen and oxygen atoms in total. The quantitative estimate of drug-likeness (QED) is 0.905. The largest absolute Gasteiger partial charge is 0.310 e. The Bertz CT molecular complexity index is 586. The van der Waals surface area contributed by atoms with Gasteiger partial charge >= 0.3 is 0 Å². The lowest BCUT2D eigenvalue weighted by atomic mass is 10.2. The molecule has 1 fully saturated rings. The maximum absolute atomic E-state index is 14.3. The van der Waals surface area contributed by atoms with E-state index in [1.807, 2.05) is 0 Å². The zero-order valence-corrected chi connectivity index (χ0v) is 12.4. The fraction of sp³-hybridized carbons (Fsp3) is 0.500. The summed E-state index contributed by atoms with van der Waals surface area (Å²) in [5, 5.41) is 3.36. The molecule has 1 saturated carbocycles. The lowest BCUT2D eigenvalue weighted by Crippen LogP contribution is -2.24. The third-order valence-corrected chi connectivity index (χ3v) is 5.03. The summed E-state index contributed by atoms with van der Waals surface area (Å²) in [5.41, 5.74) is 0.278. The van der Waals surface area contributed by atoms with E-state index in [2.05, 4.69) is 5.32 Å². The van der Waals surface area contributed by atoms with Gasteiger partial charge in [-0.05, 0) is 25.0 Å². The molecule has 0 atom stereocenters. The van der Waals surface area contributed by atoms with E-state index in [1.165, 1.54) is 20.2 Å². The van der Waals surface area contributed by atoms with E-state index in [0.717, 1.165) is 23.2 Å². The maximum atomic E-state index is 14.3. The zero-order chi connectivity index (χ0) is 14.2. The normalized spacial score (nSPS) is 16.1. The molecule has 0 unspecified atom stereocenters. The second-order valence-corrected chi connectivity index (χ2v) is 7.38. The molecular weight excluding hydrogens is 291 g/mol. The van der Waals surface area contributed by atoms with Gasteiger partial charge in [0.25, 0.3) is 0 Å². The number of rotatable bonds is 5. The molecule has 0 spiro atoms. The van der Waals surface area contributed by atoms with Crippen LogP contribution in [-0.2, 0) is 16.6 Å². The topological polar surface area (TPSA) is 49.4 Å². The van der Waals surface area contributed by atoms with Gasteiger partial charge in [0, 0.05) is 37.3 Å². The van der Waals surface area contributed by atoms with Crippen molar-refractivity contribution in [3.63, 3.8) is 0 Å². The van der Waals surface area contributed by atoms with Crippen LogP contribution in [0.4, 0.5) is 4.39 Å². The molecule has 0 aromatic heterocycles. The molecule has 0 saturated heterocycles. The van der Waals surface area contributed by atoms with Crippen molar-refractivity contribution >= 4 is 21.6 Å². The van der Waals surface area contributed by atoms with Crippen LogP contribution < -0.4 is 5.32 Å². The van der Waals surface area contributed by atoms with E-state index in [1.54, 1.807) is 0 Å². The number of nitrogens with one attached hydrogen (secondary N) is 1. The zero-order valence-electron chi connectivity index (χ0n) is 10.8. The van der Waals surface area contributed by atoms with Gasteiger partial charge in [0.1, 0.15) is 10.7 Å². The fourth-order valence-electron chi connectivity index (χ4n) is 1.67. The summed E-state index contributed by atoms with van der Waals surface area (Å²) < 4.78 is 39.3. The third kappa shape index (κ3) is 3.25. The molecule has 106 valence electrons. The van der Waals surface area contributed by atoms with Crippen LogP contribution in [0.5, 0.6) is 0 Å².